The van der Waals surface area contributed by atoms with Gasteiger partial charge >= 0.3 is 5.97 Å². The molecule has 6 nitrogen and oxygen atoms in total. The largest absolute Gasteiger partial charge is 0.455 e. The third-order valence-corrected chi connectivity index (χ3v) is 3.51. The van der Waals surface area contributed by atoms with E-state index in [0.29, 0.717) is 12.0 Å². The maximum Gasteiger partial charge on any atom is 0.379 e. The molecule has 2 aliphatic heterocycles. The van der Waals surface area contributed by atoms with Crippen molar-refractivity contribution in [2.45, 2.75) is 25.8 Å². The molecule has 2 fully saturated rings. The van der Waals surface area contributed by atoms with Crippen LogP contribution in [0, 0.1) is 0 Å². The van der Waals surface area contributed by atoms with Gasteiger partial charge in [0.1, 0.15) is 12.4 Å². The van der Waals surface area contributed by atoms with E-state index in [1.165, 1.54) is 0 Å². The fourth-order valence-electron chi connectivity index (χ4n) is 2.48. The minimum Gasteiger partial charge on any atom is -0.455 e. The van der Waals surface area contributed by atoms with Crippen molar-refractivity contribution in [2.24, 2.45) is 0 Å². The summed E-state index contributed by atoms with van der Waals surface area (Å²) in [7, 11) is 0. The summed E-state index contributed by atoms with van der Waals surface area (Å²) in [5, 5.41) is 1.91. The van der Waals surface area contributed by atoms with E-state index in [-0.39, 0.29) is 12.1 Å². The van der Waals surface area contributed by atoms with Gasteiger partial charge in [0.2, 0.25) is 0 Å². The van der Waals surface area contributed by atoms with Crippen LogP contribution in [0.4, 0.5) is 5.82 Å². The molecule has 2 saturated heterocycles. The van der Waals surface area contributed by atoms with Gasteiger partial charge < -0.3 is 10.2 Å². The molecular formula is C14H15N3O3. The fraction of sp³-hybridized carbons (Fsp3) is 0.357. The Kier molecular flexibility index (Phi) is 2.74. The van der Waals surface area contributed by atoms with Crippen LogP contribution < -0.4 is 10.4 Å². The lowest BCUT2D eigenvalue weighted by Crippen LogP contribution is -2.44. The van der Waals surface area contributed by atoms with Gasteiger partial charge in [-0.15, -0.1) is 0 Å². The monoisotopic (exact) mass is 273 g/mol. The fourth-order valence-corrected chi connectivity index (χ4v) is 2.48. The zero-order valence-corrected chi connectivity index (χ0v) is 11.3. The molecule has 0 bridgehead atoms. The van der Waals surface area contributed by atoms with Crippen LogP contribution in [0.5, 0.6) is 0 Å². The molecule has 2 aliphatic rings. The minimum atomic E-state index is -0.775. The molecule has 3 heterocycles. The van der Waals surface area contributed by atoms with Crippen molar-refractivity contribution in [1.82, 2.24) is 10.4 Å². The van der Waals surface area contributed by atoms with Gasteiger partial charge in [0.15, 0.2) is 0 Å². The molecule has 0 radical (unpaired) electrons. The summed E-state index contributed by atoms with van der Waals surface area (Å²) >= 11 is 0. The number of ether oxygens (including phenoxy) is 1. The van der Waals surface area contributed by atoms with Crippen molar-refractivity contribution in [3.8, 4) is 0 Å². The predicted octanol–water partition coefficient (Wildman–Crippen LogP) is 0.955. The summed E-state index contributed by atoms with van der Waals surface area (Å²) in [4.78, 5) is 27.2. The Morgan fingerprint density at radius 1 is 1.35 bits per heavy atom. The Balaban J connectivity index is 1.95. The number of esters is 1. The molecule has 0 atom stereocenters. The number of Topliss-reactive ketones (excluding diaryl/α,β-unsaturated/α-hetero) is 1. The molecule has 1 N–H and O–H groups in total. The zero-order valence-electron chi connectivity index (χ0n) is 11.3. The number of nitrogens with zero attached hydrogens (tertiary/aromatic N) is 2. The first-order valence-electron chi connectivity index (χ1n) is 6.40. The predicted molar refractivity (Wildman–Crippen MR) is 71.5 cm³/mol. The number of nitrogens with one attached hydrogen (secondary N) is 1. The highest BCUT2D eigenvalue weighted by atomic mass is 16.5. The molecule has 0 unspecified atom stereocenters. The molecule has 0 aliphatic carbocycles. The molecule has 1 aromatic rings. The van der Waals surface area contributed by atoms with E-state index in [9.17, 15) is 9.59 Å². The number of hydrogen-bond donors (Lipinski definition) is 1. The first-order valence-corrected chi connectivity index (χ1v) is 6.40. The van der Waals surface area contributed by atoms with Crippen LogP contribution in [-0.2, 0) is 14.3 Å². The lowest BCUT2D eigenvalue weighted by molar-refractivity contribution is -0.146. The van der Waals surface area contributed by atoms with Crippen LogP contribution in [0.1, 0.15) is 20.3 Å². The SMILES string of the molecule is CC1(C)C/C(=C2/COC(=O)C2=O)NN1c1ccccn1. The second kappa shape index (κ2) is 4.33. The Morgan fingerprint density at radius 2 is 2.15 bits per heavy atom. The van der Waals surface area contributed by atoms with Crippen molar-refractivity contribution in [1.29, 1.82) is 0 Å². The number of ketones is 1. The van der Waals surface area contributed by atoms with Gasteiger partial charge in [-0.1, -0.05) is 6.07 Å². The number of aromatic nitrogens is 1. The summed E-state index contributed by atoms with van der Waals surface area (Å²) in [5.41, 5.74) is 4.09. The maximum absolute atomic E-state index is 11.7. The number of carbonyl (C=O) groups is 2. The van der Waals surface area contributed by atoms with Crippen molar-refractivity contribution in [2.75, 3.05) is 11.6 Å². The van der Waals surface area contributed by atoms with E-state index in [2.05, 4.69) is 10.4 Å². The highest BCUT2D eigenvalue weighted by Crippen LogP contribution is 2.34. The summed E-state index contributed by atoms with van der Waals surface area (Å²) in [6, 6.07) is 5.64. The van der Waals surface area contributed by atoms with Crippen LogP contribution in [0.2, 0.25) is 0 Å². The topological polar surface area (TPSA) is 71.5 Å². The van der Waals surface area contributed by atoms with E-state index >= 15 is 0 Å². The Bertz CT molecular complexity index is 607. The van der Waals surface area contributed by atoms with Crippen molar-refractivity contribution in [3.05, 3.63) is 35.7 Å². The first kappa shape index (κ1) is 12.7. The molecule has 0 amide bonds. The van der Waals surface area contributed by atoms with E-state index in [1.807, 2.05) is 37.1 Å². The third-order valence-electron chi connectivity index (χ3n) is 3.51. The van der Waals surface area contributed by atoms with E-state index in [0.717, 1.165) is 11.5 Å². The number of rotatable bonds is 1. The highest BCUT2D eigenvalue weighted by molar-refractivity contribution is 6.42. The minimum absolute atomic E-state index is 0.0478. The molecule has 104 valence electrons. The number of carbonyl (C=O) groups excluding carboxylic acids is 2. The van der Waals surface area contributed by atoms with Crippen molar-refractivity contribution >= 4 is 17.6 Å². The molecule has 6 heteroatoms. The van der Waals surface area contributed by atoms with Gasteiger partial charge in [-0.3, -0.25) is 9.80 Å². The molecule has 1 aromatic heterocycles. The quantitative estimate of drug-likeness (QED) is 0.467. The molecule has 0 aromatic carbocycles. The molecule has 0 saturated carbocycles. The average molecular weight is 273 g/mol. The Hall–Kier alpha value is -2.37. The Morgan fingerprint density at radius 3 is 2.75 bits per heavy atom. The van der Waals surface area contributed by atoms with Crippen LogP contribution in [-0.4, -0.2) is 28.9 Å². The average Bonchev–Trinajstić information content (AvgIpc) is 2.91. The smallest absolute Gasteiger partial charge is 0.379 e. The third kappa shape index (κ3) is 1.93. The van der Waals surface area contributed by atoms with Crippen LogP contribution >= 0.6 is 0 Å². The summed E-state index contributed by atoms with van der Waals surface area (Å²) in [6.07, 6.45) is 2.34. The van der Waals surface area contributed by atoms with Crippen LogP contribution in [0.25, 0.3) is 0 Å². The number of anilines is 1. The lowest BCUT2D eigenvalue weighted by Gasteiger charge is -2.30. The van der Waals surface area contributed by atoms with Gasteiger partial charge in [0, 0.05) is 18.3 Å². The van der Waals surface area contributed by atoms with E-state index in [1.54, 1.807) is 6.20 Å². The second-order valence-corrected chi connectivity index (χ2v) is 5.49. The van der Waals surface area contributed by atoms with E-state index < -0.39 is 11.8 Å². The molecular weight excluding hydrogens is 258 g/mol. The standard InChI is InChI=1S/C14H15N3O3/c1-14(2)7-10(9-8-20-13(19)12(9)18)16-17(14)11-5-3-4-6-15-11/h3-6,16H,7-8H2,1-2H3/b10-9+. The lowest BCUT2D eigenvalue weighted by atomic mass is 9.97. The van der Waals surface area contributed by atoms with Gasteiger partial charge in [0.25, 0.3) is 5.78 Å². The van der Waals surface area contributed by atoms with Crippen LogP contribution in [0.15, 0.2) is 35.7 Å². The maximum atomic E-state index is 11.7. The number of hydrazine groups is 1. The highest BCUT2D eigenvalue weighted by Gasteiger charge is 2.41. The molecule has 0 spiro atoms. The molecule has 3 rings (SSSR count). The number of pyridine rings is 1. The normalized spacial score (nSPS) is 24.8. The number of hydrogen-bond acceptors (Lipinski definition) is 6. The summed E-state index contributed by atoms with van der Waals surface area (Å²) < 4.78 is 4.78. The van der Waals surface area contributed by atoms with Crippen molar-refractivity contribution < 1.29 is 14.3 Å². The second-order valence-electron chi connectivity index (χ2n) is 5.49. The zero-order chi connectivity index (χ0) is 14.3. The van der Waals surface area contributed by atoms with Gasteiger partial charge in [-0.2, -0.15) is 0 Å². The summed E-state index contributed by atoms with van der Waals surface area (Å²) in [6.45, 7) is 4.14. The van der Waals surface area contributed by atoms with Gasteiger partial charge in [-0.05, 0) is 26.0 Å². The Labute approximate surface area is 116 Å². The number of cyclic esters (lactones) is 1. The first-order chi connectivity index (χ1) is 9.49. The van der Waals surface area contributed by atoms with Crippen molar-refractivity contribution in [3.63, 3.8) is 0 Å². The van der Waals surface area contributed by atoms with E-state index in [4.69, 9.17) is 4.74 Å². The molecule has 20 heavy (non-hydrogen) atoms. The van der Waals surface area contributed by atoms with Gasteiger partial charge in [0.05, 0.1) is 11.1 Å². The van der Waals surface area contributed by atoms with Crippen LogP contribution in [0.3, 0.4) is 0 Å². The van der Waals surface area contributed by atoms with Gasteiger partial charge in [-0.25, -0.2) is 9.78 Å². The summed E-state index contributed by atoms with van der Waals surface area (Å²) in [5.74, 6) is -0.555.